The number of phosphoric acid groups is 2. The van der Waals surface area contributed by atoms with Gasteiger partial charge in [0, 0.05) is 25.7 Å². The lowest BCUT2D eigenvalue weighted by Crippen LogP contribution is -2.30. The number of unbranched alkanes of at least 4 members (excludes halogenated alkanes) is 49. The number of aliphatic hydroxyl groups is 1. The zero-order valence-electron chi connectivity index (χ0n) is 70.1. The molecule has 0 aliphatic carbocycles. The van der Waals surface area contributed by atoms with E-state index in [-0.39, 0.29) is 25.7 Å². The quantitative estimate of drug-likeness (QED) is 0.0222. The minimum atomic E-state index is -4.97. The summed E-state index contributed by atoms with van der Waals surface area (Å²) in [5.74, 6) is 1.04. The van der Waals surface area contributed by atoms with Gasteiger partial charge in [-0.15, -0.1) is 0 Å². The summed E-state index contributed by atoms with van der Waals surface area (Å²) in [6, 6.07) is 0. The number of hydrogen-bond donors (Lipinski definition) is 3. The van der Waals surface area contributed by atoms with Crippen LogP contribution in [0.2, 0.25) is 0 Å². The van der Waals surface area contributed by atoms with E-state index in [2.05, 4.69) is 55.4 Å². The molecule has 0 aliphatic heterocycles. The van der Waals surface area contributed by atoms with Gasteiger partial charge in [-0.2, -0.15) is 0 Å². The zero-order chi connectivity index (χ0) is 78.1. The number of aliphatic hydroxyl groups excluding tert-OH is 1. The van der Waals surface area contributed by atoms with E-state index >= 15 is 0 Å². The van der Waals surface area contributed by atoms with Crippen LogP contribution in [0.25, 0.3) is 0 Å². The first-order chi connectivity index (χ1) is 51.1. The SMILES string of the molecule is CCC(C)CCCCCCCCCCCCCCCCC(=O)O[C@H](COC(=O)CCCCCCCCCCCCCCCCCCCCC(C)C)COP(=O)(O)OCC(O)COP(=O)(O)OC[C@@H](COC(=O)CCCCCCCCC(C)C)OC(=O)CCCCCCCCCCCCCCCCCC(C)C. The van der Waals surface area contributed by atoms with E-state index in [1.165, 1.54) is 250 Å². The van der Waals surface area contributed by atoms with E-state index in [4.69, 9.17) is 37.0 Å². The molecule has 0 fully saturated rings. The predicted octanol–water partition coefficient (Wildman–Crippen LogP) is 26.3. The van der Waals surface area contributed by atoms with Crippen LogP contribution in [0.15, 0.2) is 0 Å². The highest BCUT2D eigenvalue weighted by Crippen LogP contribution is 2.45. The van der Waals surface area contributed by atoms with Crippen LogP contribution in [0.4, 0.5) is 0 Å². The molecule has 0 aromatic heterocycles. The van der Waals surface area contributed by atoms with Crippen LogP contribution >= 0.6 is 15.6 Å². The molecule has 0 aromatic rings. The largest absolute Gasteiger partial charge is 0.472 e. The molecule has 19 heteroatoms. The fourth-order valence-electron chi connectivity index (χ4n) is 13.5. The Hall–Kier alpha value is -1.94. The maximum Gasteiger partial charge on any atom is 0.472 e. The molecule has 0 aliphatic rings. The van der Waals surface area contributed by atoms with Crippen molar-refractivity contribution < 1.29 is 80.2 Å². The number of carbonyl (C=O) groups is 4. The normalized spacial score (nSPS) is 14.2. The number of rotatable bonds is 84. The molecule has 0 radical (unpaired) electrons. The van der Waals surface area contributed by atoms with Crippen molar-refractivity contribution in [3.05, 3.63) is 0 Å². The van der Waals surface area contributed by atoms with Crippen LogP contribution in [0, 0.1) is 23.7 Å². The molecule has 3 N–H and O–H groups in total. The molecule has 630 valence electrons. The van der Waals surface area contributed by atoms with Gasteiger partial charge in [0.25, 0.3) is 0 Å². The summed E-state index contributed by atoms with van der Waals surface area (Å²) in [6.45, 7) is 14.3. The molecule has 6 atom stereocenters. The molecule has 0 bridgehead atoms. The molecule has 4 unspecified atom stereocenters. The minimum Gasteiger partial charge on any atom is -0.462 e. The second-order valence-electron chi connectivity index (χ2n) is 33.0. The lowest BCUT2D eigenvalue weighted by atomic mass is 9.99. The van der Waals surface area contributed by atoms with E-state index in [1.807, 2.05) is 0 Å². The van der Waals surface area contributed by atoms with Crippen molar-refractivity contribution in [3.8, 4) is 0 Å². The van der Waals surface area contributed by atoms with E-state index in [0.717, 1.165) is 114 Å². The summed E-state index contributed by atoms with van der Waals surface area (Å²) in [5.41, 5.74) is 0. The third-order valence-electron chi connectivity index (χ3n) is 20.7. The Labute approximate surface area is 651 Å². The molecule has 0 saturated carbocycles. The smallest absolute Gasteiger partial charge is 0.462 e. The van der Waals surface area contributed by atoms with E-state index in [1.54, 1.807) is 0 Å². The molecular weight excluding hydrogens is 1380 g/mol. The second-order valence-corrected chi connectivity index (χ2v) is 35.9. The molecule has 0 heterocycles. The van der Waals surface area contributed by atoms with Gasteiger partial charge in [-0.1, -0.05) is 402 Å². The van der Waals surface area contributed by atoms with Gasteiger partial charge in [0.15, 0.2) is 12.2 Å². The lowest BCUT2D eigenvalue weighted by molar-refractivity contribution is -0.161. The number of carbonyl (C=O) groups excluding carboxylic acids is 4. The molecule has 0 saturated heterocycles. The molecule has 0 amide bonds. The monoisotopic (exact) mass is 1550 g/mol. The average Bonchev–Trinajstić information content (AvgIpc) is 0.902. The number of esters is 4. The third kappa shape index (κ3) is 78.7. The fraction of sp³-hybridized carbons (Fsp3) is 0.954. The Morgan fingerprint density at radius 2 is 0.453 bits per heavy atom. The number of hydrogen-bond acceptors (Lipinski definition) is 15. The number of ether oxygens (including phenoxy) is 4. The summed E-state index contributed by atoms with van der Waals surface area (Å²) in [6.07, 6.45) is 65.4. The molecule has 0 aromatic carbocycles. The fourth-order valence-corrected chi connectivity index (χ4v) is 15.0. The van der Waals surface area contributed by atoms with Crippen molar-refractivity contribution >= 4 is 39.5 Å². The first-order valence-electron chi connectivity index (χ1n) is 44.7. The van der Waals surface area contributed by atoms with Gasteiger partial charge < -0.3 is 33.8 Å². The first kappa shape index (κ1) is 104. The Kier molecular flexibility index (Phi) is 74.3. The van der Waals surface area contributed by atoms with Gasteiger partial charge in [0.1, 0.15) is 19.3 Å². The highest BCUT2D eigenvalue weighted by Gasteiger charge is 2.31. The Bertz CT molecular complexity index is 2060. The molecule has 17 nitrogen and oxygen atoms in total. The van der Waals surface area contributed by atoms with Crippen molar-refractivity contribution in [1.82, 2.24) is 0 Å². The van der Waals surface area contributed by atoms with Gasteiger partial charge in [-0.3, -0.25) is 37.3 Å². The molecule has 106 heavy (non-hydrogen) atoms. The van der Waals surface area contributed by atoms with Crippen molar-refractivity contribution in [2.24, 2.45) is 23.7 Å². The van der Waals surface area contributed by atoms with Crippen LogP contribution in [-0.2, 0) is 65.4 Å². The van der Waals surface area contributed by atoms with Crippen LogP contribution < -0.4 is 0 Å². The highest BCUT2D eigenvalue weighted by atomic mass is 31.2. The Morgan fingerprint density at radius 1 is 0.264 bits per heavy atom. The van der Waals surface area contributed by atoms with Crippen LogP contribution in [0.5, 0.6) is 0 Å². The summed E-state index contributed by atoms with van der Waals surface area (Å²) in [5, 5.41) is 10.7. The highest BCUT2D eigenvalue weighted by molar-refractivity contribution is 7.47. The molecule has 0 spiro atoms. The molecular formula is C87H170O17P2. The average molecular weight is 1550 g/mol. The van der Waals surface area contributed by atoms with Gasteiger partial charge in [0.2, 0.25) is 0 Å². The second kappa shape index (κ2) is 75.7. The van der Waals surface area contributed by atoms with Gasteiger partial charge >= 0.3 is 39.5 Å². The van der Waals surface area contributed by atoms with Crippen LogP contribution in [0.3, 0.4) is 0 Å². The first-order valence-corrected chi connectivity index (χ1v) is 47.7. The van der Waals surface area contributed by atoms with E-state index in [0.29, 0.717) is 31.6 Å². The van der Waals surface area contributed by atoms with Crippen molar-refractivity contribution in [2.75, 3.05) is 39.6 Å². The topological polar surface area (TPSA) is 237 Å². The van der Waals surface area contributed by atoms with Crippen molar-refractivity contribution in [2.45, 2.75) is 472 Å². The molecule has 0 rings (SSSR count). The predicted molar refractivity (Wildman–Crippen MR) is 437 cm³/mol. The Balaban J connectivity index is 5.21. The maximum absolute atomic E-state index is 13.1. The van der Waals surface area contributed by atoms with Crippen LogP contribution in [-0.4, -0.2) is 96.7 Å². The maximum atomic E-state index is 13.1. The van der Waals surface area contributed by atoms with Gasteiger partial charge in [0.05, 0.1) is 26.4 Å². The summed E-state index contributed by atoms with van der Waals surface area (Å²) >= 11 is 0. The van der Waals surface area contributed by atoms with E-state index < -0.39 is 97.5 Å². The number of phosphoric ester groups is 2. The van der Waals surface area contributed by atoms with Gasteiger partial charge in [-0.05, 0) is 49.4 Å². The van der Waals surface area contributed by atoms with Gasteiger partial charge in [-0.25, -0.2) is 9.13 Å². The summed E-state index contributed by atoms with van der Waals surface area (Å²) in [7, 11) is -9.93. The van der Waals surface area contributed by atoms with E-state index in [9.17, 15) is 43.2 Å². The third-order valence-corrected chi connectivity index (χ3v) is 22.6. The van der Waals surface area contributed by atoms with Crippen LogP contribution in [0.1, 0.15) is 453 Å². The van der Waals surface area contributed by atoms with Crippen molar-refractivity contribution in [1.29, 1.82) is 0 Å². The van der Waals surface area contributed by atoms with Crippen molar-refractivity contribution in [3.63, 3.8) is 0 Å². The zero-order valence-corrected chi connectivity index (χ0v) is 71.9. The standard InChI is InChI=1S/C87H170O17P2/c1-9-80(8)66-58-50-41-35-29-23-19-20-26-32-38-44-54-62-69-86(91)103-82(73-97-84(89)67-59-51-42-36-30-24-17-13-11-10-12-15-21-27-33-39-47-55-63-77(2)3)75-101-105(93,94)99-71-81(88)72-100-106(95,96)102-76-83(74-98-85(90)68-60-52-46-45-49-57-65-79(6)7)104-87(92)70-61-53-43-37-31-25-18-14-16-22-28-34-40-48-56-64-78(4)5/h77-83,88H,9-76H2,1-8H3,(H,93,94)(H,95,96)/t80?,81?,82-,83-/m1/s1. The minimum absolute atomic E-state index is 0.107. The Morgan fingerprint density at radius 3 is 0.670 bits per heavy atom. The lowest BCUT2D eigenvalue weighted by Gasteiger charge is -2.21. The summed E-state index contributed by atoms with van der Waals surface area (Å²) in [4.78, 5) is 73.2. The summed E-state index contributed by atoms with van der Waals surface area (Å²) < 4.78 is 68.9.